The van der Waals surface area contributed by atoms with Crippen LogP contribution in [0.25, 0.3) is 0 Å². The Bertz CT molecular complexity index is 176. The van der Waals surface area contributed by atoms with Crippen LogP contribution >= 0.6 is 0 Å². The summed E-state index contributed by atoms with van der Waals surface area (Å²) in [5.41, 5.74) is -0.229. The van der Waals surface area contributed by atoms with Crippen LogP contribution in [0.4, 0.5) is 4.79 Å². The van der Waals surface area contributed by atoms with E-state index in [-0.39, 0.29) is 11.6 Å². The van der Waals surface area contributed by atoms with Crippen molar-refractivity contribution in [2.45, 2.75) is 26.3 Å². The number of cyclic esters (lactones) is 1. The van der Waals surface area contributed by atoms with Gasteiger partial charge in [-0.25, -0.2) is 4.79 Å². The van der Waals surface area contributed by atoms with Gasteiger partial charge in [-0.15, -0.1) is 0 Å². The number of ether oxygens (including phenoxy) is 1. The molecule has 3 nitrogen and oxygen atoms in total. The predicted octanol–water partition coefficient (Wildman–Crippen LogP) is 1.24. The van der Waals surface area contributed by atoms with Gasteiger partial charge in [0, 0.05) is 5.54 Å². The summed E-state index contributed by atoms with van der Waals surface area (Å²) >= 11 is 0. The molecular formula is C7H13NO2. The molecule has 0 bridgehead atoms. The van der Waals surface area contributed by atoms with E-state index in [4.69, 9.17) is 1.37 Å². The van der Waals surface area contributed by atoms with Gasteiger partial charge >= 0.3 is 6.09 Å². The zero-order valence-corrected chi connectivity index (χ0v) is 6.55. The van der Waals surface area contributed by atoms with Gasteiger partial charge in [-0.3, -0.25) is 4.90 Å². The van der Waals surface area contributed by atoms with Gasteiger partial charge in [-0.1, -0.05) is 0 Å². The SMILES string of the molecule is [2H]C1CN(C(C)(C)C)C(=O)O1. The van der Waals surface area contributed by atoms with Gasteiger partial charge in [-0.2, -0.15) is 0 Å². The Morgan fingerprint density at radius 3 is 2.50 bits per heavy atom. The molecule has 1 rings (SSSR count). The normalized spacial score (nSPS) is 28.3. The van der Waals surface area contributed by atoms with Crippen molar-refractivity contribution in [3.8, 4) is 0 Å². The van der Waals surface area contributed by atoms with E-state index in [1.807, 2.05) is 20.8 Å². The summed E-state index contributed by atoms with van der Waals surface area (Å²) in [5, 5.41) is 0. The van der Waals surface area contributed by atoms with Crippen LogP contribution in [0.5, 0.6) is 0 Å². The van der Waals surface area contributed by atoms with Gasteiger partial charge in [0.2, 0.25) is 0 Å². The summed E-state index contributed by atoms with van der Waals surface area (Å²) in [5.74, 6) is 0. The number of rotatable bonds is 0. The highest BCUT2D eigenvalue weighted by atomic mass is 16.6. The van der Waals surface area contributed by atoms with Crippen LogP contribution in [0.2, 0.25) is 0 Å². The third-order valence-electron chi connectivity index (χ3n) is 1.47. The molecule has 0 radical (unpaired) electrons. The third-order valence-corrected chi connectivity index (χ3v) is 1.47. The van der Waals surface area contributed by atoms with E-state index in [2.05, 4.69) is 4.74 Å². The van der Waals surface area contributed by atoms with Gasteiger partial charge in [-0.05, 0) is 20.8 Å². The maximum Gasteiger partial charge on any atom is 0.410 e. The number of hydrogen-bond acceptors (Lipinski definition) is 2. The van der Waals surface area contributed by atoms with Crippen molar-refractivity contribution in [2.24, 2.45) is 0 Å². The van der Waals surface area contributed by atoms with Crippen LogP contribution in [-0.4, -0.2) is 29.7 Å². The van der Waals surface area contributed by atoms with E-state index in [0.717, 1.165) is 0 Å². The molecule has 58 valence electrons. The van der Waals surface area contributed by atoms with Crippen molar-refractivity contribution in [2.75, 3.05) is 13.1 Å². The molecule has 10 heavy (non-hydrogen) atoms. The van der Waals surface area contributed by atoms with Crippen LogP contribution in [0.1, 0.15) is 22.1 Å². The molecule has 1 unspecified atom stereocenters. The molecule has 0 aliphatic carbocycles. The summed E-state index contributed by atoms with van der Waals surface area (Å²) in [6, 6.07) is 0. The van der Waals surface area contributed by atoms with E-state index < -0.39 is 6.58 Å². The lowest BCUT2D eigenvalue weighted by atomic mass is 10.1. The summed E-state index contributed by atoms with van der Waals surface area (Å²) in [6.45, 7) is 5.44. The lowest BCUT2D eigenvalue weighted by molar-refractivity contribution is 0.132. The van der Waals surface area contributed by atoms with E-state index in [1.54, 1.807) is 4.90 Å². The lowest BCUT2D eigenvalue weighted by Crippen LogP contribution is -2.41. The highest BCUT2D eigenvalue weighted by molar-refractivity contribution is 5.70. The monoisotopic (exact) mass is 144 g/mol. The quantitative estimate of drug-likeness (QED) is 0.512. The second kappa shape index (κ2) is 2.15. The highest BCUT2D eigenvalue weighted by Crippen LogP contribution is 2.17. The zero-order chi connectivity index (χ0) is 8.65. The van der Waals surface area contributed by atoms with Gasteiger partial charge in [0.1, 0.15) is 6.58 Å². The Hall–Kier alpha value is -0.730. The smallest absolute Gasteiger partial charge is 0.410 e. The molecular weight excluding hydrogens is 130 g/mol. The molecule has 1 atom stereocenters. The van der Waals surface area contributed by atoms with Crippen LogP contribution < -0.4 is 0 Å². The highest BCUT2D eigenvalue weighted by Gasteiger charge is 2.31. The summed E-state index contributed by atoms with van der Waals surface area (Å²) in [6.07, 6.45) is -0.377. The topological polar surface area (TPSA) is 29.5 Å². The van der Waals surface area contributed by atoms with Crippen molar-refractivity contribution < 1.29 is 10.9 Å². The van der Waals surface area contributed by atoms with Crippen molar-refractivity contribution in [1.29, 1.82) is 0 Å². The number of carbonyl (C=O) groups excluding carboxylic acids is 1. The molecule has 1 fully saturated rings. The van der Waals surface area contributed by atoms with E-state index in [9.17, 15) is 4.79 Å². The molecule has 0 aromatic rings. The summed E-state index contributed by atoms with van der Waals surface area (Å²) < 4.78 is 11.8. The third kappa shape index (κ3) is 1.23. The van der Waals surface area contributed by atoms with Crippen molar-refractivity contribution in [3.05, 3.63) is 0 Å². The molecule has 3 heteroatoms. The van der Waals surface area contributed by atoms with Gasteiger partial charge < -0.3 is 4.74 Å². The minimum atomic E-state index is -0.707. The lowest BCUT2D eigenvalue weighted by Gasteiger charge is -2.28. The molecule has 0 aromatic carbocycles. The van der Waals surface area contributed by atoms with E-state index in [1.165, 1.54) is 0 Å². The number of amides is 1. The second-order valence-electron chi connectivity index (χ2n) is 3.33. The average molecular weight is 144 g/mol. The first-order valence-electron chi connectivity index (χ1n) is 3.89. The Morgan fingerprint density at radius 1 is 1.70 bits per heavy atom. The standard InChI is InChI=1S/C7H13NO2/c1-7(2,3)8-4-5-10-6(8)9/h4-5H2,1-3H3/i5D. The molecule has 1 aliphatic heterocycles. The Balaban J connectivity index is 2.68. The molecule has 1 saturated heterocycles. The fourth-order valence-corrected chi connectivity index (χ4v) is 0.869. The molecule has 0 N–H and O–H groups in total. The molecule has 1 amide bonds. The fraction of sp³-hybridized carbons (Fsp3) is 0.857. The first-order valence-corrected chi connectivity index (χ1v) is 3.32. The Labute approximate surface area is 62.4 Å². The maximum absolute atomic E-state index is 11.0. The number of nitrogens with zero attached hydrogens (tertiary/aromatic N) is 1. The summed E-state index contributed by atoms with van der Waals surface area (Å²) in [7, 11) is 0. The van der Waals surface area contributed by atoms with Gasteiger partial charge in [0.15, 0.2) is 0 Å². The van der Waals surface area contributed by atoms with Gasteiger partial charge in [0.25, 0.3) is 0 Å². The first-order chi connectivity index (χ1) is 4.91. The molecule has 0 spiro atoms. The molecule has 0 saturated carbocycles. The zero-order valence-electron chi connectivity index (χ0n) is 7.55. The second-order valence-corrected chi connectivity index (χ2v) is 3.33. The average Bonchev–Trinajstić information content (AvgIpc) is 2.08. The van der Waals surface area contributed by atoms with Crippen molar-refractivity contribution >= 4 is 6.09 Å². The number of carbonyl (C=O) groups is 1. The minimum absolute atomic E-state index is 0.229. The summed E-state index contributed by atoms with van der Waals surface area (Å²) in [4.78, 5) is 12.6. The predicted molar refractivity (Wildman–Crippen MR) is 37.8 cm³/mol. The minimum Gasteiger partial charge on any atom is -0.448 e. The first kappa shape index (κ1) is 6.01. The van der Waals surface area contributed by atoms with Crippen molar-refractivity contribution in [3.63, 3.8) is 0 Å². The Morgan fingerprint density at radius 2 is 2.30 bits per heavy atom. The van der Waals surface area contributed by atoms with Gasteiger partial charge in [0.05, 0.1) is 7.92 Å². The maximum atomic E-state index is 11.0. The van der Waals surface area contributed by atoms with E-state index >= 15 is 0 Å². The van der Waals surface area contributed by atoms with Crippen LogP contribution in [0, 0.1) is 0 Å². The molecule has 1 heterocycles. The Kier molecular flexibility index (Phi) is 1.29. The van der Waals surface area contributed by atoms with E-state index in [0.29, 0.717) is 6.54 Å². The molecule has 0 aromatic heterocycles. The molecule has 1 aliphatic rings. The van der Waals surface area contributed by atoms with Crippen LogP contribution in [0.15, 0.2) is 0 Å². The van der Waals surface area contributed by atoms with Crippen molar-refractivity contribution in [1.82, 2.24) is 4.90 Å². The largest absolute Gasteiger partial charge is 0.448 e. The van der Waals surface area contributed by atoms with Crippen LogP contribution in [-0.2, 0) is 4.74 Å². The number of hydrogen-bond donors (Lipinski definition) is 0. The fourth-order valence-electron chi connectivity index (χ4n) is 0.869. The van der Waals surface area contributed by atoms with Crippen LogP contribution in [0.3, 0.4) is 0 Å².